The van der Waals surface area contributed by atoms with Crippen molar-refractivity contribution in [3.63, 3.8) is 0 Å². The summed E-state index contributed by atoms with van der Waals surface area (Å²) in [5.41, 5.74) is 0.173. The molecule has 0 unspecified atom stereocenters. The van der Waals surface area contributed by atoms with Crippen LogP contribution >= 0.6 is 0 Å². The van der Waals surface area contributed by atoms with Crippen molar-refractivity contribution in [2.75, 3.05) is 4.72 Å². The SMILES string of the molecule is Cn1cnc(S(=O)(=O)Nc2cccc(C(=O)O)c2)c1. The number of aryl methyl sites for hydroxylation is 1. The molecule has 0 atom stereocenters. The summed E-state index contributed by atoms with van der Waals surface area (Å²) >= 11 is 0. The predicted molar refractivity (Wildman–Crippen MR) is 67.4 cm³/mol. The van der Waals surface area contributed by atoms with Gasteiger partial charge in [0.25, 0.3) is 10.0 Å². The second-order valence-electron chi connectivity index (χ2n) is 3.87. The lowest BCUT2D eigenvalue weighted by atomic mass is 10.2. The van der Waals surface area contributed by atoms with Gasteiger partial charge in [0, 0.05) is 18.9 Å². The Balaban J connectivity index is 2.30. The topological polar surface area (TPSA) is 101 Å². The zero-order valence-electron chi connectivity index (χ0n) is 9.94. The lowest BCUT2D eigenvalue weighted by Crippen LogP contribution is -2.13. The van der Waals surface area contributed by atoms with E-state index in [0.717, 1.165) is 0 Å². The van der Waals surface area contributed by atoms with Crippen molar-refractivity contribution in [3.05, 3.63) is 42.4 Å². The Labute approximate surface area is 109 Å². The molecule has 8 heteroatoms. The van der Waals surface area contributed by atoms with Crippen LogP contribution in [0.5, 0.6) is 0 Å². The van der Waals surface area contributed by atoms with Gasteiger partial charge in [-0.2, -0.15) is 8.42 Å². The minimum Gasteiger partial charge on any atom is -0.478 e. The number of imidazole rings is 1. The number of carboxylic acid groups (broad SMARTS) is 1. The number of aromatic nitrogens is 2. The molecule has 2 aromatic rings. The highest BCUT2D eigenvalue weighted by atomic mass is 32.2. The molecule has 0 saturated heterocycles. The maximum absolute atomic E-state index is 12.0. The number of benzene rings is 1. The molecular weight excluding hydrogens is 270 g/mol. The molecule has 0 aliphatic heterocycles. The van der Waals surface area contributed by atoms with E-state index in [4.69, 9.17) is 5.11 Å². The molecule has 1 heterocycles. The molecule has 2 N–H and O–H groups in total. The number of carbonyl (C=O) groups is 1. The normalized spacial score (nSPS) is 11.2. The summed E-state index contributed by atoms with van der Waals surface area (Å²) in [7, 11) is -2.16. The first-order valence-electron chi connectivity index (χ1n) is 5.22. The van der Waals surface area contributed by atoms with Crippen LogP contribution in [0.2, 0.25) is 0 Å². The molecule has 100 valence electrons. The van der Waals surface area contributed by atoms with Crippen LogP contribution in [0.25, 0.3) is 0 Å². The summed E-state index contributed by atoms with van der Waals surface area (Å²) in [5, 5.41) is 8.71. The third-order valence-electron chi connectivity index (χ3n) is 2.32. The first kappa shape index (κ1) is 13.1. The van der Waals surface area contributed by atoms with E-state index < -0.39 is 16.0 Å². The number of nitrogens with one attached hydrogen (secondary N) is 1. The van der Waals surface area contributed by atoms with E-state index in [2.05, 4.69) is 9.71 Å². The maximum Gasteiger partial charge on any atom is 0.335 e. The molecule has 1 aromatic carbocycles. The fourth-order valence-electron chi connectivity index (χ4n) is 1.45. The molecule has 0 spiro atoms. The van der Waals surface area contributed by atoms with Gasteiger partial charge in [-0.1, -0.05) is 6.07 Å². The van der Waals surface area contributed by atoms with Gasteiger partial charge in [-0.25, -0.2) is 9.78 Å². The Kier molecular flexibility index (Phi) is 3.26. The molecular formula is C11H11N3O4S. The monoisotopic (exact) mass is 281 g/mol. The van der Waals surface area contributed by atoms with Crippen LogP contribution in [0.1, 0.15) is 10.4 Å². The van der Waals surface area contributed by atoms with Crippen LogP contribution in [0.3, 0.4) is 0 Å². The summed E-state index contributed by atoms with van der Waals surface area (Å²) in [6, 6.07) is 5.54. The second-order valence-corrected chi connectivity index (χ2v) is 5.50. The molecule has 0 saturated carbocycles. The number of anilines is 1. The van der Waals surface area contributed by atoms with Crippen molar-refractivity contribution in [1.82, 2.24) is 9.55 Å². The first-order chi connectivity index (χ1) is 8.88. The summed E-state index contributed by atoms with van der Waals surface area (Å²) in [4.78, 5) is 14.5. The van der Waals surface area contributed by atoms with Crippen LogP contribution in [-0.2, 0) is 17.1 Å². The van der Waals surface area contributed by atoms with E-state index in [9.17, 15) is 13.2 Å². The number of nitrogens with zero attached hydrogens (tertiary/aromatic N) is 2. The Hall–Kier alpha value is -2.35. The minimum atomic E-state index is -3.81. The zero-order valence-corrected chi connectivity index (χ0v) is 10.8. The van der Waals surface area contributed by atoms with Gasteiger partial charge >= 0.3 is 5.97 Å². The van der Waals surface area contributed by atoms with Crippen molar-refractivity contribution in [1.29, 1.82) is 0 Å². The van der Waals surface area contributed by atoms with Crippen LogP contribution in [-0.4, -0.2) is 29.0 Å². The highest BCUT2D eigenvalue weighted by Crippen LogP contribution is 2.15. The van der Waals surface area contributed by atoms with Crippen LogP contribution < -0.4 is 4.72 Å². The Morgan fingerprint density at radius 1 is 1.42 bits per heavy atom. The van der Waals surface area contributed by atoms with Gasteiger partial charge in [-0.15, -0.1) is 0 Å². The first-order valence-corrected chi connectivity index (χ1v) is 6.71. The molecule has 1 aromatic heterocycles. The van der Waals surface area contributed by atoms with Crippen molar-refractivity contribution in [3.8, 4) is 0 Å². The smallest absolute Gasteiger partial charge is 0.335 e. The molecule has 0 bridgehead atoms. The van der Waals surface area contributed by atoms with Gasteiger partial charge in [-0.3, -0.25) is 4.72 Å². The molecule has 0 aliphatic carbocycles. The summed E-state index contributed by atoms with van der Waals surface area (Å²) in [6.07, 6.45) is 2.71. The number of aromatic carboxylic acids is 1. The van der Waals surface area contributed by atoms with Crippen molar-refractivity contribution >= 4 is 21.7 Å². The Morgan fingerprint density at radius 2 is 2.16 bits per heavy atom. The fraction of sp³-hybridized carbons (Fsp3) is 0.0909. The standard InChI is InChI=1S/C11H11N3O4S/c1-14-6-10(12-7-14)19(17,18)13-9-4-2-3-8(5-9)11(15)16/h2-7,13H,1H3,(H,15,16). The van der Waals surface area contributed by atoms with Gasteiger partial charge in [0.1, 0.15) is 0 Å². The van der Waals surface area contributed by atoms with Crippen LogP contribution in [0.4, 0.5) is 5.69 Å². The summed E-state index contributed by atoms with van der Waals surface area (Å²) in [6.45, 7) is 0. The third-order valence-corrected chi connectivity index (χ3v) is 3.58. The zero-order chi connectivity index (χ0) is 14.0. The number of carboxylic acids is 1. The Morgan fingerprint density at radius 3 is 2.74 bits per heavy atom. The lowest BCUT2D eigenvalue weighted by molar-refractivity contribution is 0.0697. The highest BCUT2D eigenvalue weighted by Gasteiger charge is 2.17. The van der Waals surface area contributed by atoms with Crippen LogP contribution in [0, 0.1) is 0 Å². The van der Waals surface area contributed by atoms with Gasteiger partial charge in [-0.05, 0) is 18.2 Å². The molecule has 0 aliphatic rings. The molecule has 19 heavy (non-hydrogen) atoms. The van der Waals surface area contributed by atoms with Gasteiger partial charge in [0.2, 0.25) is 0 Å². The predicted octanol–water partition coefficient (Wildman–Crippen LogP) is 0.919. The average Bonchev–Trinajstić information content (AvgIpc) is 2.76. The number of rotatable bonds is 4. The molecule has 0 fully saturated rings. The van der Waals surface area contributed by atoms with Gasteiger partial charge in [0.05, 0.1) is 11.9 Å². The van der Waals surface area contributed by atoms with E-state index in [0.29, 0.717) is 0 Å². The molecule has 2 rings (SSSR count). The second kappa shape index (κ2) is 4.73. The van der Waals surface area contributed by atoms with Crippen molar-refractivity contribution in [2.24, 2.45) is 7.05 Å². The molecule has 7 nitrogen and oxygen atoms in total. The number of hydrogen-bond donors (Lipinski definition) is 2. The number of sulfonamides is 1. The van der Waals surface area contributed by atoms with Gasteiger partial charge in [0.15, 0.2) is 5.03 Å². The van der Waals surface area contributed by atoms with Crippen LogP contribution in [0.15, 0.2) is 41.8 Å². The van der Waals surface area contributed by atoms with E-state index in [-0.39, 0.29) is 16.3 Å². The lowest BCUT2D eigenvalue weighted by Gasteiger charge is -2.06. The van der Waals surface area contributed by atoms with E-state index in [1.165, 1.54) is 41.4 Å². The summed E-state index contributed by atoms with van der Waals surface area (Å²) in [5.74, 6) is -1.13. The highest BCUT2D eigenvalue weighted by molar-refractivity contribution is 7.92. The molecule has 0 radical (unpaired) electrons. The largest absolute Gasteiger partial charge is 0.478 e. The van der Waals surface area contributed by atoms with Crippen molar-refractivity contribution < 1.29 is 18.3 Å². The number of hydrogen-bond acceptors (Lipinski definition) is 4. The van der Waals surface area contributed by atoms with E-state index in [1.54, 1.807) is 7.05 Å². The van der Waals surface area contributed by atoms with Crippen molar-refractivity contribution in [2.45, 2.75) is 5.03 Å². The minimum absolute atomic E-state index is 0.00113. The molecule has 0 amide bonds. The fourth-order valence-corrected chi connectivity index (χ4v) is 2.48. The third kappa shape index (κ3) is 2.91. The maximum atomic E-state index is 12.0. The average molecular weight is 281 g/mol. The quantitative estimate of drug-likeness (QED) is 0.867. The van der Waals surface area contributed by atoms with E-state index >= 15 is 0 Å². The summed E-state index contributed by atoms with van der Waals surface area (Å²) < 4.78 is 27.7. The van der Waals surface area contributed by atoms with Gasteiger partial charge < -0.3 is 9.67 Å². The van der Waals surface area contributed by atoms with E-state index in [1.807, 2.05) is 0 Å². The Bertz CT molecular complexity index is 721.